The number of aromatic nitrogens is 1. The second kappa shape index (κ2) is 11.7. The number of aromatic carboxylic acids is 1. The molecule has 0 spiro atoms. The van der Waals surface area contributed by atoms with Crippen LogP contribution in [0.1, 0.15) is 21.8 Å². The van der Waals surface area contributed by atoms with Crippen molar-refractivity contribution in [3.8, 4) is 17.3 Å². The maximum atomic E-state index is 13.3. The average Bonchev–Trinajstić information content (AvgIpc) is 3.03. The van der Waals surface area contributed by atoms with Crippen molar-refractivity contribution in [3.05, 3.63) is 118 Å². The van der Waals surface area contributed by atoms with Gasteiger partial charge >= 0.3 is 17.9 Å². The zero-order chi connectivity index (χ0) is 30.8. The van der Waals surface area contributed by atoms with Crippen LogP contribution in [0.2, 0.25) is 5.02 Å². The van der Waals surface area contributed by atoms with Gasteiger partial charge in [-0.05, 0) is 42.0 Å². The van der Waals surface area contributed by atoms with Crippen molar-refractivity contribution < 1.29 is 29.0 Å². The Morgan fingerprint density at radius 3 is 2.26 bits per heavy atom. The molecular weight excluding hydrogens is 572 g/mol. The van der Waals surface area contributed by atoms with Crippen LogP contribution in [0.25, 0.3) is 22.2 Å². The van der Waals surface area contributed by atoms with Crippen molar-refractivity contribution in [1.29, 1.82) is 5.26 Å². The zero-order valence-corrected chi connectivity index (χ0v) is 23.6. The number of hydrogen-bond acceptors (Lipinski definition) is 9. The van der Waals surface area contributed by atoms with Crippen LogP contribution in [0, 0.1) is 11.3 Å². The average molecular weight is 595 g/mol. The maximum absolute atomic E-state index is 13.3. The molecule has 214 valence electrons. The van der Waals surface area contributed by atoms with Gasteiger partial charge in [0, 0.05) is 21.7 Å². The van der Waals surface area contributed by atoms with E-state index in [2.05, 4.69) is 11.1 Å². The number of fused-ring (bicyclic) bond motifs is 1. The number of rotatable bonds is 6. The number of allylic oxidation sites excluding steroid dienone is 1. The fraction of sp³-hybridized carbons (Fsp3) is 0.0938. The number of methoxy groups -OCH3 is 2. The molecule has 0 fully saturated rings. The summed E-state index contributed by atoms with van der Waals surface area (Å²) in [6.07, 6.45) is 0. The first-order valence-corrected chi connectivity index (χ1v) is 13.2. The summed E-state index contributed by atoms with van der Waals surface area (Å²) in [6, 6.07) is 23.6. The minimum absolute atomic E-state index is 0.0269. The Kier molecular flexibility index (Phi) is 7.84. The van der Waals surface area contributed by atoms with Crippen LogP contribution in [-0.4, -0.2) is 42.2 Å². The fourth-order valence-electron chi connectivity index (χ4n) is 5.09. The van der Waals surface area contributed by atoms with E-state index in [-0.39, 0.29) is 28.2 Å². The fourth-order valence-corrected chi connectivity index (χ4v) is 5.26. The summed E-state index contributed by atoms with van der Waals surface area (Å²) in [5, 5.41) is 20.8. The Balaban J connectivity index is 1.68. The number of anilines is 1. The normalized spacial score (nSPS) is 14.8. The van der Waals surface area contributed by atoms with Crippen LogP contribution in [0.4, 0.5) is 5.69 Å². The largest absolute Gasteiger partial charge is 0.478 e. The van der Waals surface area contributed by atoms with Gasteiger partial charge in [0.25, 0.3) is 0 Å². The van der Waals surface area contributed by atoms with Gasteiger partial charge in [-0.2, -0.15) is 5.26 Å². The van der Waals surface area contributed by atoms with E-state index in [1.54, 1.807) is 72.8 Å². The standard InChI is InChI=1S/C32H23ClN4O6/c1-42-31(40)27-26(18-6-4-3-5-7-18)23(16-34)29(35)37(28(27)32(41)43-2)20-11-8-17(9-12-20)25-15-22(30(38)39)21-14-19(33)10-13-24(21)36-25/h3-15,26H,35H2,1-2H3,(H,38,39). The van der Waals surface area contributed by atoms with Crippen LogP contribution in [0.5, 0.6) is 0 Å². The van der Waals surface area contributed by atoms with Gasteiger partial charge in [-0.15, -0.1) is 0 Å². The Morgan fingerprint density at radius 1 is 0.977 bits per heavy atom. The predicted molar refractivity (Wildman–Crippen MR) is 159 cm³/mol. The van der Waals surface area contributed by atoms with Gasteiger partial charge in [-0.25, -0.2) is 19.4 Å². The second-order valence-corrected chi connectivity index (χ2v) is 9.84. The topological polar surface area (TPSA) is 156 Å². The molecule has 10 nitrogen and oxygen atoms in total. The molecule has 1 atom stereocenters. The van der Waals surface area contributed by atoms with Crippen LogP contribution < -0.4 is 10.6 Å². The van der Waals surface area contributed by atoms with Crippen molar-refractivity contribution in [3.63, 3.8) is 0 Å². The van der Waals surface area contributed by atoms with E-state index in [0.29, 0.717) is 38.4 Å². The third-order valence-corrected chi connectivity index (χ3v) is 7.27. The summed E-state index contributed by atoms with van der Waals surface area (Å²) >= 11 is 6.08. The molecule has 1 unspecified atom stereocenters. The molecule has 11 heteroatoms. The molecule has 1 aliphatic heterocycles. The molecule has 5 rings (SSSR count). The smallest absolute Gasteiger partial charge is 0.355 e. The highest BCUT2D eigenvalue weighted by molar-refractivity contribution is 6.31. The lowest BCUT2D eigenvalue weighted by molar-refractivity contribution is -0.139. The molecule has 2 heterocycles. The van der Waals surface area contributed by atoms with Gasteiger partial charge in [0.05, 0.1) is 54.1 Å². The van der Waals surface area contributed by atoms with E-state index in [9.17, 15) is 24.8 Å². The molecule has 0 bridgehead atoms. The van der Waals surface area contributed by atoms with Gasteiger partial charge in [-0.1, -0.05) is 54.1 Å². The van der Waals surface area contributed by atoms with Crippen molar-refractivity contribution in [2.45, 2.75) is 5.92 Å². The molecule has 43 heavy (non-hydrogen) atoms. The molecule has 3 N–H and O–H groups in total. The number of carboxylic acids is 1. The number of carbonyl (C=O) groups is 3. The van der Waals surface area contributed by atoms with Gasteiger partial charge < -0.3 is 20.3 Å². The number of hydrogen-bond donors (Lipinski definition) is 2. The van der Waals surface area contributed by atoms with Gasteiger partial charge in [0.15, 0.2) is 0 Å². The summed E-state index contributed by atoms with van der Waals surface area (Å²) in [7, 11) is 2.34. The number of halogens is 1. The quantitative estimate of drug-likeness (QED) is 0.286. The van der Waals surface area contributed by atoms with E-state index < -0.39 is 23.8 Å². The third kappa shape index (κ3) is 5.14. The Morgan fingerprint density at radius 2 is 1.65 bits per heavy atom. The number of benzene rings is 3. The van der Waals surface area contributed by atoms with Crippen molar-refractivity contribution in [2.24, 2.45) is 5.73 Å². The monoisotopic (exact) mass is 594 g/mol. The highest BCUT2D eigenvalue weighted by Gasteiger charge is 2.43. The van der Waals surface area contributed by atoms with Crippen molar-refractivity contribution in [1.82, 2.24) is 4.98 Å². The molecule has 0 radical (unpaired) electrons. The third-order valence-electron chi connectivity index (χ3n) is 7.03. The number of carboxylic acid groups (broad SMARTS) is 1. The predicted octanol–water partition coefficient (Wildman–Crippen LogP) is 5.15. The maximum Gasteiger partial charge on any atom is 0.355 e. The number of nitrogens with zero attached hydrogens (tertiary/aromatic N) is 3. The number of esters is 2. The van der Waals surface area contributed by atoms with Gasteiger partial charge in [-0.3, -0.25) is 4.90 Å². The highest BCUT2D eigenvalue weighted by Crippen LogP contribution is 2.43. The minimum Gasteiger partial charge on any atom is -0.478 e. The van der Waals surface area contributed by atoms with E-state index in [1.165, 1.54) is 25.2 Å². The molecule has 0 aliphatic carbocycles. The molecule has 1 aliphatic rings. The van der Waals surface area contributed by atoms with Gasteiger partial charge in [0.2, 0.25) is 0 Å². The Hall–Kier alpha value is -5.66. The number of ether oxygens (including phenoxy) is 2. The zero-order valence-electron chi connectivity index (χ0n) is 22.9. The Labute approximate surface area is 250 Å². The number of carbonyl (C=O) groups excluding carboxylic acids is 2. The van der Waals surface area contributed by atoms with Crippen LogP contribution in [-0.2, 0) is 19.1 Å². The summed E-state index contributed by atoms with van der Waals surface area (Å²) in [4.78, 5) is 44.4. The van der Waals surface area contributed by atoms with Crippen LogP contribution in [0.3, 0.4) is 0 Å². The Bertz CT molecular complexity index is 1900. The van der Waals surface area contributed by atoms with E-state index in [4.69, 9.17) is 26.8 Å². The first kappa shape index (κ1) is 28.9. The first-order chi connectivity index (χ1) is 20.7. The highest BCUT2D eigenvalue weighted by atomic mass is 35.5. The summed E-state index contributed by atoms with van der Waals surface area (Å²) in [5.74, 6) is -3.91. The van der Waals surface area contributed by atoms with Crippen LogP contribution >= 0.6 is 11.6 Å². The summed E-state index contributed by atoms with van der Waals surface area (Å²) in [6.45, 7) is 0. The van der Waals surface area contributed by atoms with E-state index >= 15 is 0 Å². The molecule has 0 amide bonds. The van der Waals surface area contributed by atoms with E-state index in [0.717, 1.165) is 0 Å². The number of nitriles is 1. The van der Waals surface area contributed by atoms with Crippen molar-refractivity contribution in [2.75, 3.05) is 19.1 Å². The summed E-state index contributed by atoms with van der Waals surface area (Å²) < 4.78 is 10.1. The molecule has 4 aromatic rings. The number of nitrogens with two attached hydrogens (primary N) is 1. The molecule has 0 saturated heterocycles. The molecule has 0 saturated carbocycles. The second-order valence-electron chi connectivity index (χ2n) is 9.40. The first-order valence-electron chi connectivity index (χ1n) is 12.8. The molecular formula is C32H23ClN4O6. The lowest BCUT2D eigenvalue weighted by atomic mass is 9.81. The van der Waals surface area contributed by atoms with Gasteiger partial charge in [0.1, 0.15) is 11.5 Å². The lowest BCUT2D eigenvalue weighted by Crippen LogP contribution is -2.40. The minimum atomic E-state index is -1.14. The SMILES string of the molecule is COC(=O)C1=C(C(=O)OC)N(c2ccc(-c3cc(C(=O)O)c4cc(Cl)ccc4n3)cc2)C(N)=C(C#N)C1c1ccccc1. The summed E-state index contributed by atoms with van der Waals surface area (Å²) in [5.41, 5.74) is 8.55. The lowest BCUT2D eigenvalue weighted by Gasteiger charge is -2.35. The molecule has 3 aromatic carbocycles. The number of pyridine rings is 1. The van der Waals surface area contributed by atoms with Crippen LogP contribution in [0.15, 0.2) is 102 Å². The van der Waals surface area contributed by atoms with E-state index in [1.807, 2.05) is 0 Å². The van der Waals surface area contributed by atoms with Crippen molar-refractivity contribution >= 4 is 46.1 Å². The molecule has 1 aromatic heterocycles.